The van der Waals surface area contributed by atoms with E-state index in [1.807, 2.05) is 6.07 Å². The van der Waals surface area contributed by atoms with Gasteiger partial charge in [0.25, 0.3) is 0 Å². The Morgan fingerprint density at radius 2 is 1.89 bits per heavy atom. The van der Waals surface area contributed by atoms with Gasteiger partial charge >= 0.3 is 5.97 Å². The second-order valence-corrected chi connectivity index (χ2v) is 3.70. The van der Waals surface area contributed by atoms with Crippen molar-refractivity contribution in [3.05, 3.63) is 41.5 Å². The summed E-state index contributed by atoms with van der Waals surface area (Å²) >= 11 is 0. The first-order valence-corrected chi connectivity index (χ1v) is 5.52. The summed E-state index contributed by atoms with van der Waals surface area (Å²) in [7, 11) is 0. The van der Waals surface area contributed by atoms with E-state index in [0.717, 1.165) is 5.56 Å². The van der Waals surface area contributed by atoms with Crippen LogP contribution in [0.3, 0.4) is 0 Å². The third-order valence-corrected chi connectivity index (χ3v) is 2.32. The lowest BCUT2D eigenvalue weighted by Crippen LogP contribution is -2.03. The Morgan fingerprint density at radius 3 is 2.44 bits per heavy atom. The monoisotopic (exact) mass is 243 g/mol. The smallest absolute Gasteiger partial charge is 0.303 e. The third-order valence-electron chi connectivity index (χ3n) is 2.32. The molecular formula is C14H13NO3. The van der Waals surface area contributed by atoms with Crippen molar-refractivity contribution in [2.45, 2.75) is 19.3 Å². The fraction of sp³-hybridized carbons (Fsp3) is 0.214. The SMILES string of the molecule is N#CCC=Cc1ccc(C(=O)CCC(=O)O)cc1. The van der Waals surface area contributed by atoms with Crippen LogP contribution in [0.15, 0.2) is 30.3 Å². The molecular weight excluding hydrogens is 230 g/mol. The number of carbonyl (C=O) groups is 2. The minimum Gasteiger partial charge on any atom is -0.481 e. The van der Waals surface area contributed by atoms with Crippen molar-refractivity contribution >= 4 is 17.8 Å². The number of carbonyl (C=O) groups excluding carboxylic acids is 1. The van der Waals surface area contributed by atoms with Gasteiger partial charge in [-0.15, -0.1) is 0 Å². The van der Waals surface area contributed by atoms with Gasteiger partial charge in [0.1, 0.15) is 0 Å². The van der Waals surface area contributed by atoms with E-state index in [1.54, 1.807) is 36.4 Å². The van der Waals surface area contributed by atoms with Crippen LogP contribution in [0.5, 0.6) is 0 Å². The summed E-state index contributed by atoms with van der Waals surface area (Å²) in [6.07, 6.45) is 3.75. The largest absolute Gasteiger partial charge is 0.481 e. The van der Waals surface area contributed by atoms with Crippen molar-refractivity contribution in [2.24, 2.45) is 0 Å². The predicted molar refractivity (Wildman–Crippen MR) is 66.9 cm³/mol. The molecule has 0 bridgehead atoms. The lowest BCUT2D eigenvalue weighted by molar-refractivity contribution is -0.136. The molecule has 1 aromatic carbocycles. The number of nitrogens with zero attached hydrogens (tertiary/aromatic N) is 1. The Labute approximate surface area is 105 Å². The summed E-state index contributed by atoms with van der Waals surface area (Å²) < 4.78 is 0. The van der Waals surface area contributed by atoms with Crippen molar-refractivity contribution in [1.29, 1.82) is 5.26 Å². The van der Waals surface area contributed by atoms with Gasteiger partial charge in [-0.25, -0.2) is 0 Å². The van der Waals surface area contributed by atoms with E-state index in [9.17, 15) is 9.59 Å². The number of carboxylic acids is 1. The Balaban J connectivity index is 2.62. The molecule has 0 amide bonds. The number of carboxylic acid groups (broad SMARTS) is 1. The summed E-state index contributed by atoms with van der Waals surface area (Å²) in [5.74, 6) is -1.15. The number of allylic oxidation sites excluding steroid dienone is 1. The average Bonchev–Trinajstić information content (AvgIpc) is 2.37. The number of aliphatic carboxylic acids is 1. The first-order chi connectivity index (χ1) is 8.63. The zero-order chi connectivity index (χ0) is 13.4. The van der Waals surface area contributed by atoms with Gasteiger partial charge in [0.15, 0.2) is 5.78 Å². The molecule has 0 saturated carbocycles. The molecule has 0 radical (unpaired) electrons. The number of benzene rings is 1. The van der Waals surface area contributed by atoms with Gasteiger partial charge in [0, 0.05) is 12.0 Å². The number of hydrogen-bond acceptors (Lipinski definition) is 3. The highest BCUT2D eigenvalue weighted by atomic mass is 16.4. The highest BCUT2D eigenvalue weighted by Gasteiger charge is 2.07. The van der Waals surface area contributed by atoms with E-state index in [1.165, 1.54) is 0 Å². The molecule has 0 aliphatic rings. The van der Waals surface area contributed by atoms with Crippen molar-refractivity contribution in [2.75, 3.05) is 0 Å². The van der Waals surface area contributed by atoms with Gasteiger partial charge in [-0.3, -0.25) is 9.59 Å². The topological polar surface area (TPSA) is 78.2 Å². The molecule has 0 heterocycles. The number of rotatable bonds is 6. The highest BCUT2D eigenvalue weighted by Crippen LogP contribution is 2.09. The van der Waals surface area contributed by atoms with E-state index in [2.05, 4.69) is 0 Å². The van der Waals surface area contributed by atoms with Crippen molar-refractivity contribution < 1.29 is 14.7 Å². The standard InChI is InChI=1S/C14H13NO3/c15-10-2-1-3-11-4-6-12(7-5-11)13(16)8-9-14(17)18/h1,3-7H,2,8-9H2,(H,17,18). The predicted octanol–water partition coefficient (Wildman–Crippen LogP) is 2.66. The lowest BCUT2D eigenvalue weighted by atomic mass is 10.0. The Morgan fingerprint density at radius 1 is 1.22 bits per heavy atom. The fourth-order valence-electron chi connectivity index (χ4n) is 1.39. The summed E-state index contributed by atoms with van der Waals surface area (Å²) in [4.78, 5) is 21.9. The molecule has 1 aromatic rings. The number of ketones is 1. The summed E-state index contributed by atoms with van der Waals surface area (Å²) in [6, 6.07) is 8.86. The third kappa shape index (κ3) is 4.62. The molecule has 1 N–H and O–H groups in total. The maximum Gasteiger partial charge on any atom is 0.303 e. The molecule has 1 rings (SSSR count). The van der Waals surface area contributed by atoms with Crippen LogP contribution in [0.25, 0.3) is 6.08 Å². The molecule has 0 spiro atoms. The molecule has 4 nitrogen and oxygen atoms in total. The Kier molecular flexibility index (Phi) is 5.33. The van der Waals surface area contributed by atoms with E-state index in [4.69, 9.17) is 10.4 Å². The van der Waals surface area contributed by atoms with Gasteiger partial charge in [0.05, 0.1) is 18.9 Å². The maximum absolute atomic E-state index is 11.6. The molecule has 92 valence electrons. The molecule has 0 fully saturated rings. The first-order valence-electron chi connectivity index (χ1n) is 5.52. The van der Waals surface area contributed by atoms with Crippen molar-refractivity contribution in [1.82, 2.24) is 0 Å². The van der Waals surface area contributed by atoms with E-state index in [0.29, 0.717) is 12.0 Å². The molecule has 4 heteroatoms. The molecule has 0 aliphatic carbocycles. The zero-order valence-corrected chi connectivity index (χ0v) is 9.80. The maximum atomic E-state index is 11.6. The van der Waals surface area contributed by atoms with Gasteiger partial charge < -0.3 is 5.11 Å². The van der Waals surface area contributed by atoms with Crippen LogP contribution < -0.4 is 0 Å². The van der Waals surface area contributed by atoms with Gasteiger partial charge in [-0.05, 0) is 5.56 Å². The normalized spacial score (nSPS) is 10.2. The van der Waals surface area contributed by atoms with E-state index in [-0.39, 0.29) is 18.6 Å². The van der Waals surface area contributed by atoms with Crippen LogP contribution >= 0.6 is 0 Å². The van der Waals surface area contributed by atoms with Crippen LogP contribution in [0.4, 0.5) is 0 Å². The lowest BCUT2D eigenvalue weighted by Gasteiger charge is -2.00. The molecule has 0 aliphatic heterocycles. The van der Waals surface area contributed by atoms with Gasteiger partial charge in [-0.2, -0.15) is 5.26 Å². The quantitative estimate of drug-likeness (QED) is 0.779. The first kappa shape index (κ1) is 13.7. The van der Waals surface area contributed by atoms with Crippen molar-refractivity contribution in [3.63, 3.8) is 0 Å². The molecule has 18 heavy (non-hydrogen) atoms. The average molecular weight is 243 g/mol. The molecule has 0 unspecified atom stereocenters. The van der Waals surface area contributed by atoms with Gasteiger partial charge in [0.2, 0.25) is 0 Å². The summed E-state index contributed by atoms with van der Waals surface area (Å²) in [5, 5.41) is 16.9. The van der Waals surface area contributed by atoms with Crippen LogP contribution in [-0.2, 0) is 4.79 Å². The zero-order valence-electron chi connectivity index (χ0n) is 9.80. The summed E-state index contributed by atoms with van der Waals surface area (Å²) in [6.45, 7) is 0. The van der Waals surface area contributed by atoms with E-state index >= 15 is 0 Å². The molecule has 0 saturated heterocycles. The Hall–Kier alpha value is -2.41. The highest BCUT2D eigenvalue weighted by molar-refractivity contribution is 5.97. The number of hydrogen-bond donors (Lipinski definition) is 1. The second-order valence-electron chi connectivity index (χ2n) is 3.70. The fourth-order valence-corrected chi connectivity index (χ4v) is 1.39. The number of Topliss-reactive ketones (excluding diaryl/α,β-unsaturated/α-hetero) is 1. The molecule has 0 atom stereocenters. The Bertz CT molecular complexity index is 495. The van der Waals surface area contributed by atoms with E-state index < -0.39 is 5.97 Å². The van der Waals surface area contributed by atoms with Crippen LogP contribution in [0.1, 0.15) is 35.2 Å². The van der Waals surface area contributed by atoms with Crippen LogP contribution in [0.2, 0.25) is 0 Å². The minimum atomic E-state index is -0.973. The molecule has 0 aromatic heterocycles. The van der Waals surface area contributed by atoms with Gasteiger partial charge in [-0.1, -0.05) is 36.4 Å². The second kappa shape index (κ2) is 7.02. The number of nitriles is 1. The summed E-state index contributed by atoms with van der Waals surface area (Å²) in [5.41, 5.74) is 1.41. The van der Waals surface area contributed by atoms with Crippen LogP contribution in [-0.4, -0.2) is 16.9 Å². The van der Waals surface area contributed by atoms with Crippen LogP contribution in [0, 0.1) is 11.3 Å². The van der Waals surface area contributed by atoms with Crippen molar-refractivity contribution in [3.8, 4) is 6.07 Å². The minimum absolute atomic E-state index is 0.0128.